The maximum atomic E-state index is 10.8. The Morgan fingerprint density at radius 1 is 1.50 bits per heavy atom. The van der Waals surface area contributed by atoms with Crippen LogP contribution in [0.2, 0.25) is 0 Å². The predicted molar refractivity (Wildman–Crippen MR) is 56.6 cm³/mol. The molecular weight excluding hydrogens is 200 g/mol. The average Bonchev–Trinajstić information content (AvgIpc) is 2.08. The second-order valence-electron chi connectivity index (χ2n) is 3.40. The molecule has 0 aliphatic rings. The highest BCUT2D eigenvalue weighted by Crippen LogP contribution is 1.96. The van der Waals surface area contributed by atoms with E-state index in [1.807, 2.05) is 6.92 Å². The average molecular weight is 218 g/mol. The quantitative estimate of drug-likeness (QED) is 0.639. The lowest BCUT2D eigenvalue weighted by molar-refractivity contribution is 0.503. The van der Waals surface area contributed by atoms with E-state index in [-0.39, 0.29) is 11.8 Å². The molecule has 0 aromatic heterocycles. The normalized spacial score (nSPS) is 13.5. The van der Waals surface area contributed by atoms with Crippen molar-refractivity contribution < 1.29 is 8.42 Å². The first-order valence-electron chi connectivity index (χ1n) is 4.77. The minimum atomic E-state index is -2.85. The van der Waals surface area contributed by atoms with Gasteiger partial charge < -0.3 is 5.32 Å². The van der Waals surface area contributed by atoms with Gasteiger partial charge in [0.2, 0.25) is 0 Å². The van der Waals surface area contributed by atoms with Crippen LogP contribution in [0, 0.1) is 11.3 Å². The molecule has 0 rings (SSSR count). The van der Waals surface area contributed by atoms with Gasteiger partial charge in [0.25, 0.3) is 0 Å². The molecule has 14 heavy (non-hydrogen) atoms. The number of nitriles is 1. The minimum Gasteiger partial charge on any atom is -0.313 e. The van der Waals surface area contributed by atoms with Crippen molar-refractivity contribution in [2.45, 2.75) is 32.2 Å². The minimum absolute atomic E-state index is 0.194. The smallest absolute Gasteiger partial charge is 0.147 e. The van der Waals surface area contributed by atoms with Gasteiger partial charge >= 0.3 is 0 Å². The Labute approximate surface area is 86.2 Å². The summed E-state index contributed by atoms with van der Waals surface area (Å²) in [5.74, 6) is 0.211. The van der Waals surface area contributed by atoms with Gasteiger partial charge in [-0.15, -0.1) is 0 Å². The van der Waals surface area contributed by atoms with Crippen LogP contribution in [0.3, 0.4) is 0 Å². The van der Waals surface area contributed by atoms with Gasteiger partial charge in [0.05, 0.1) is 18.2 Å². The summed E-state index contributed by atoms with van der Waals surface area (Å²) < 4.78 is 21.6. The molecule has 0 spiro atoms. The zero-order valence-electron chi connectivity index (χ0n) is 8.78. The molecule has 0 aliphatic heterocycles. The Morgan fingerprint density at radius 3 is 2.57 bits per heavy atom. The van der Waals surface area contributed by atoms with E-state index in [9.17, 15) is 8.42 Å². The summed E-state index contributed by atoms with van der Waals surface area (Å²) in [4.78, 5) is 0. The van der Waals surface area contributed by atoms with Crippen LogP contribution in [0.15, 0.2) is 0 Å². The van der Waals surface area contributed by atoms with Crippen molar-refractivity contribution in [3.05, 3.63) is 0 Å². The third-order valence-corrected chi connectivity index (χ3v) is 2.99. The Hall–Kier alpha value is -0.600. The van der Waals surface area contributed by atoms with Crippen molar-refractivity contribution in [2.75, 3.05) is 18.6 Å². The van der Waals surface area contributed by atoms with Crippen molar-refractivity contribution >= 4 is 9.84 Å². The summed E-state index contributed by atoms with van der Waals surface area (Å²) in [6.07, 6.45) is 3.22. The summed E-state index contributed by atoms with van der Waals surface area (Å²) in [6.45, 7) is 2.67. The Kier molecular flexibility index (Phi) is 6.50. The zero-order valence-corrected chi connectivity index (χ0v) is 9.60. The van der Waals surface area contributed by atoms with E-state index in [0.717, 1.165) is 6.42 Å². The van der Waals surface area contributed by atoms with Gasteiger partial charge in [0.1, 0.15) is 9.84 Å². The van der Waals surface area contributed by atoms with Crippen LogP contribution in [0.1, 0.15) is 26.2 Å². The molecule has 1 unspecified atom stereocenters. The number of hydrogen-bond acceptors (Lipinski definition) is 4. The Balaban J connectivity index is 3.58. The summed E-state index contributed by atoms with van der Waals surface area (Å²) in [6, 6.07) is 2.29. The molecule has 5 heteroatoms. The van der Waals surface area contributed by atoms with E-state index in [2.05, 4.69) is 11.4 Å². The maximum Gasteiger partial charge on any atom is 0.147 e. The van der Waals surface area contributed by atoms with E-state index in [0.29, 0.717) is 19.4 Å². The fourth-order valence-electron chi connectivity index (χ4n) is 1.11. The Bertz CT molecular complexity index is 280. The Morgan fingerprint density at radius 2 is 2.14 bits per heavy atom. The van der Waals surface area contributed by atoms with Gasteiger partial charge in [-0.3, -0.25) is 0 Å². The van der Waals surface area contributed by atoms with Crippen LogP contribution >= 0.6 is 0 Å². The largest absolute Gasteiger partial charge is 0.313 e. The monoisotopic (exact) mass is 218 g/mol. The number of sulfone groups is 1. The molecule has 1 N–H and O–H groups in total. The summed E-state index contributed by atoms with van der Waals surface area (Å²) in [7, 11) is -2.85. The third-order valence-electron chi connectivity index (χ3n) is 1.96. The number of hydrogen-bond donors (Lipinski definition) is 1. The standard InChI is InChI=1S/C9H18N2O2S/c1-3-9(5-6-10)11-7-4-8-14(2,12)13/h9,11H,3-5,7-8H2,1-2H3. The lowest BCUT2D eigenvalue weighted by atomic mass is 10.1. The molecule has 1 atom stereocenters. The number of nitrogens with zero attached hydrogens (tertiary/aromatic N) is 1. The van der Waals surface area contributed by atoms with Crippen molar-refractivity contribution in [2.24, 2.45) is 0 Å². The van der Waals surface area contributed by atoms with E-state index < -0.39 is 9.84 Å². The van der Waals surface area contributed by atoms with Crippen LogP contribution in [-0.2, 0) is 9.84 Å². The van der Waals surface area contributed by atoms with E-state index in [1.165, 1.54) is 6.26 Å². The topological polar surface area (TPSA) is 70.0 Å². The molecule has 0 radical (unpaired) electrons. The summed E-state index contributed by atoms with van der Waals surface area (Å²) in [5, 5.41) is 11.6. The van der Waals surface area contributed by atoms with Crippen molar-refractivity contribution in [3.63, 3.8) is 0 Å². The molecular formula is C9H18N2O2S. The van der Waals surface area contributed by atoms with Gasteiger partial charge in [-0.2, -0.15) is 5.26 Å². The molecule has 82 valence electrons. The number of rotatable bonds is 7. The molecule has 0 aliphatic carbocycles. The van der Waals surface area contributed by atoms with Gasteiger partial charge in [0.15, 0.2) is 0 Å². The van der Waals surface area contributed by atoms with Crippen LogP contribution < -0.4 is 5.32 Å². The van der Waals surface area contributed by atoms with Crippen LogP contribution in [0.5, 0.6) is 0 Å². The van der Waals surface area contributed by atoms with Crippen LogP contribution in [-0.4, -0.2) is 33.0 Å². The predicted octanol–water partition coefficient (Wildman–Crippen LogP) is 0.703. The highest BCUT2D eigenvalue weighted by Gasteiger charge is 2.05. The van der Waals surface area contributed by atoms with Gasteiger partial charge in [-0.1, -0.05) is 6.92 Å². The highest BCUT2D eigenvalue weighted by molar-refractivity contribution is 7.90. The SMILES string of the molecule is CCC(CC#N)NCCCS(C)(=O)=O. The second-order valence-corrected chi connectivity index (χ2v) is 5.66. The first kappa shape index (κ1) is 13.4. The van der Waals surface area contributed by atoms with E-state index in [4.69, 9.17) is 5.26 Å². The molecule has 0 aromatic rings. The van der Waals surface area contributed by atoms with Gasteiger partial charge in [-0.05, 0) is 19.4 Å². The van der Waals surface area contributed by atoms with Gasteiger partial charge in [-0.25, -0.2) is 8.42 Å². The third kappa shape index (κ3) is 8.02. The molecule has 0 bridgehead atoms. The first-order valence-corrected chi connectivity index (χ1v) is 6.83. The maximum absolute atomic E-state index is 10.8. The number of nitrogens with one attached hydrogen (secondary N) is 1. The van der Waals surface area contributed by atoms with Gasteiger partial charge in [0, 0.05) is 12.3 Å². The van der Waals surface area contributed by atoms with Crippen molar-refractivity contribution in [3.8, 4) is 6.07 Å². The lowest BCUT2D eigenvalue weighted by Crippen LogP contribution is -2.29. The molecule has 0 saturated carbocycles. The molecule has 0 fully saturated rings. The molecule has 4 nitrogen and oxygen atoms in total. The van der Waals surface area contributed by atoms with Crippen molar-refractivity contribution in [1.82, 2.24) is 5.32 Å². The fourth-order valence-corrected chi connectivity index (χ4v) is 1.78. The van der Waals surface area contributed by atoms with Crippen LogP contribution in [0.4, 0.5) is 0 Å². The molecule has 0 aromatic carbocycles. The molecule has 0 amide bonds. The fraction of sp³-hybridized carbons (Fsp3) is 0.889. The zero-order chi connectivity index (χ0) is 11.0. The second kappa shape index (κ2) is 6.80. The summed E-state index contributed by atoms with van der Waals surface area (Å²) >= 11 is 0. The lowest BCUT2D eigenvalue weighted by Gasteiger charge is -2.12. The van der Waals surface area contributed by atoms with E-state index >= 15 is 0 Å². The molecule has 0 heterocycles. The van der Waals surface area contributed by atoms with Crippen molar-refractivity contribution in [1.29, 1.82) is 5.26 Å². The highest BCUT2D eigenvalue weighted by atomic mass is 32.2. The first-order chi connectivity index (χ1) is 6.49. The molecule has 0 saturated heterocycles. The van der Waals surface area contributed by atoms with Crippen LogP contribution in [0.25, 0.3) is 0 Å². The summed E-state index contributed by atoms with van der Waals surface area (Å²) in [5.41, 5.74) is 0. The van der Waals surface area contributed by atoms with E-state index in [1.54, 1.807) is 0 Å².